The minimum Gasteiger partial charge on any atom is -0.494 e. The normalized spacial score (nSPS) is 11.0. The van der Waals surface area contributed by atoms with Crippen LogP contribution in [0.25, 0.3) is 10.8 Å². The van der Waals surface area contributed by atoms with Crippen LogP contribution in [0.15, 0.2) is 36.4 Å². The Hall–Kier alpha value is -1.50. The fraction of sp³-hybridized carbons (Fsp3) is 0.333. The maximum atomic E-state index is 5.49. The van der Waals surface area contributed by atoms with E-state index >= 15 is 0 Å². The Bertz CT molecular complexity index is 486. The molecule has 0 amide bonds. The molecule has 0 aliphatic rings. The van der Waals surface area contributed by atoms with Crippen molar-refractivity contribution >= 4 is 10.8 Å². The van der Waals surface area contributed by atoms with Gasteiger partial charge in [0.05, 0.1) is 6.61 Å². The average molecular weight is 214 g/mol. The van der Waals surface area contributed by atoms with Crippen LogP contribution in [-0.4, -0.2) is 6.61 Å². The summed E-state index contributed by atoms with van der Waals surface area (Å²) in [6, 6.07) is 12.9. The molecule has 0 unspecified atom stereocenters. The number of rotatable bonds is 3. The highest BCUT2D eigenvalue weighted by molar-refractivity contribution is 5.84. The van der Waals surface area contributed by atoms with Crippen LogP contribution in [0.5, 0.6) is 5.75 Å². The molecule has 0 bridgehead atoms. The van der Waals surface area contributed by atoms with Crippen LogP contribution in [0.1, 0.15) is 32.3 Å². The van der Waals surface area contributed by atoms with E-state index in [0.29, 0.717) is 5.92 Å². The second-order valence-electron chi connectivity index (χ2n) is 4.36. The maximum absolute atomic E-state index is 5.49. The van der Waals surface area contributed by atoms with Gasteiger partial charge in [0, 0.05) is 0 Å². The third kappa shape index (κ3) is 2.19. The molecule has 0 aliphatic heterocycles. The Morgan fingerprint density at radius 3 is 2.38 bits per heavy atom. The second-order valence-corrected chi connectivity index (χ2v) is 4.36. The lowest BCUT2D eigenvalue weighted by atomic mass is 9.99. The zero-order valence-electron chi connectivity index (χ0n) is 10.2. The molecule has 1 nitrogen and oxygen atoms in total. The second kappa shape index (κ2) is 4.56. The Morgan fingerprint density at radius 1 is 1.00 bits per heavy atom. The first-order valence-corrected chi connectivity index (χ1v) is 5.87. The molecule has 1 heteroatoms. The Labute approximate surface area is 97.1 Å². The van der Waals surface area contributed by atoms with Crippen molar-refractivity contribution in [2.75, 3.05) is 6.61 Å². The number of hydrogen-bond acceptors (Lipinski definition) is 1. The summed E-state index contributed by atoms with van der Waals surface area (Å²) in [6.07, 6.45) is 0. The minimum atomic E-state index is 0.580. The molecule has 0 N–H and O–H groups in total. The van der Waals surface area contributed by atoms with Gasteiger partial charge in [-0.1, -0.05) is 38.1 Å². The zero-order chi connectivity index (χ0) is 11.5. The average Bonchev–Trinajstić information content (AvgIpc) is 2.28. The summed E-state index contributed by atoms with van der Waals surface area (Å²) < 4.78 is 5.49. The van der Waals surface area contributed by atoms with E-state index < -0.39 is 0 Å². The molecular weight excluding hydrogens is 196 g/mol. The molecule has 0 saturated carbocycles. The fourth-order valence-corrected chi connectivity index (χ4v) is 1.86. The van der Waals surface area contributed by atoms with Crippen LogP contribution in [0.4, 0.5) is 0 Å². The van der Waals surface area contributed by atoms with E-state index in [-0.39, 0.29) is 0 Å². The van der Waals surface area contributed by atoms with E-state index in [1.54, 1.807) is 0 Å². The summed E-state index contributed by atoms with van der Waals surface area (Å²) >= 11 is 0. The molecular formula is C15H18O. The molecule has 0 aliphatic carbocycles. The summed E-state index contributed by atoms with van der Waals surface area (Å²) in [7, 11) is 0. The van der Waals surface area contributed by atoms with Gasteiger partial charge in [-0.15, -0.1) is 0 Å². The first kappa shape index (κ1) is 11.0. The van der Waals surface area contributed by atoms with Crippen LogP contribution in [-0.2, 0) is 0 Å². The quantitative estimate of drug-likeness (QED) is 0.737. The molecule has 0 saturated heterocycles. The van der Waals surface area contributed by atoms with Crippen LogP contribution < -0.4 is 4.74 Å². The molecule has 0 aromatic heterocycles. The van der Waals surface area contributed by atoms with Gasteiger partial charge in [-0.2, -0.15) is 0 Å². The monoisotopic (exact) mass is 214 g/mol. The Morgan fingerprint density at radius 2 is 1.69 bits per heavy atom. The van der Waals surface area contributed by atoms with Gasteiger partial charge in [-0.3, -0.25) is 0 Å². The van der Waals surface area contributed by atoms with Crippen LogP contribution in [0, 0.1) is 0 Å². The molecule has 0 atom stereocenters. The fourth-order valence-electron chi connectivity index (χ4n) is 1.86. The standard InChI is InChI=1S/C15H18O/c1-4-16-15-8-7-13-9-12(11(2)3)5-6-14(13)10-15/h5-11H,4H2,1-3H3. The predicted molar refractivity (Wildman–Crippen MR) is 69.2 cm³/mol. The van der Waals surface area contributed by atoms with Crippen molar-refractivity contribution in [1.29, 1.82) is 0 Å². The topological polar surface area (TPSA) is 9.23 Å². The van der Waals surface area contributed by atoms with Crippen molar-refractivity contribution in [2.45, 2.75) is 26.7 Å². The van der Waals surface area contributed by atoms with E-state index in [1.165, 1.54) is 16.3 Å². The maximum Gasteiger partial charge on any atom is 0.119 e. The van der Waals surface area contributed by atoms with Gasteiger partial charge in [0.2, 0.25) is 0 Å². The number of hydrogen-bond donors (Lipinski definition) is 0. The summed E-state index contributed by atoms with van der Waals surface area (Å²) in [5.41, 5.74) is 1.39. The van der Waals surface area contributed by atoms with Crippen molar-refractivity contribution < 1.29 is 4.74 Å². The van der Waals surface area contributed by atoms with Crippen molar-refractivity contribution in [1.82, 2.24) is 0 Å². The molecule has 0 radical (unpaired) electrons. The molecule has 2 rings (SSSR count). The van der Waals surface area contributed by atoms with Gasteiger partial charge in [0.25, 0.3) is 0 Å². The first-order valence-electron chi connectivity index (χ1n) is 5.87. The third-order valence-electron chi connectivity index (χ3n) is 2.81. The van der Waals surface area contributed by atoms with E-state index in [2.05, 4.69) is 44.2 Å². The lowest BCUT2D eigenvalue weighted by Crippen LogP contribution is -1.91. The van der Waals surface area contributed by atoms with Crippen LogP contribution in [0.2, 0.25) is 0 Å². The van der Waals surface area contributed by atoms with E-state index in [1.807, 2.05) is 13.0 Å². The largest absolute Gasteiger partial charge is 0.494 e. The van der Waals surface area contributed by atoms with E-state index in [9.17, 15) is 0 Å². The highest BCUT2D eigenvalue weighted by atomic mass is 16.5. The molecule has 0 spiro atoms. The van der Waals surface area contributed by atoms with Crippen molar-refractivity contribution in [3.63, 3.8) is 0 Å². The molecule has 2 aromatic carbocycles. The van der Waals surface area contributed by atoms with E-state index in [4.69, 9.17) is 4.74 Å². The minimum absolute atomic E-state index is 0.580. The van der Waals surface area contributed by atoms with Crippen molar-refractivity contribution in [3.8, 4) is 5.75 Å². The summed E-state index contributed by atoms with van der Waals surface area (Å²) in [5.74, 6) is 1.53. The number of benzene rings is 2. The van der Waals surface area contributed by atoms with E-state index in [0.717, 1.165) is 12.4 Å². The summed E-state index contributed by atoms with van der Waals surface area (Å²) in [5, 5.41) is 2.53. The molecule has 16 heavy (non-hydrogen) atoms. The van der Waals surface area contributed by atoms with Gasteiger partial charge < -0.3 is 4.74 Å². The molecule has 0 fully saturated rings. The molecule has 2 aromatic rings. The summed E-state index contributed by atoms with van der Waals surface area (Å²) in [4.78, 5) is 0. The molecule has 84 valence electrons. The highest BCUT2D eigenvalue weighted by Gasteiger charge is 2.01. The van der Waals surface area contributed by atoms with Gasteiger partial charge in [0.1, 0.15) is 5.75 Å². The smallest absolute Gasteiger partial charge is 0.119 e. The van der Waals surface area contributed by atoms with Gasteiger partial charge in [-0.25, -0.2) is 0 Å². The van der Waals surface area contributed by atoms with Crippen molar-refractivity contribution in [2.24, 2.45) is 0 Å². The van der Waals surface area contributed by atoms with Crippen molar-refractivity contribution in [3.05, 3.63) is 42.0 Å². The summed E-state index contributed by atoms with van der Waals surface area (Å²) in [6.45, 7) is 7.16. The number of ether oxygens (including phenoxy) is 1. The zero-order valence-corrected chi connectivity index (χ0v) is 10.2. The molecule has 0 heterocycles. The Kier molecular flexibility index (Phi) is 3.14. The number of fused-ring (bicyclic) bond motifs is 1. The highest BCUT2D eigenvalue weighted by Crippen LogP contribution is 2.24. The SMILES string of the molecule is CCOc1ccc2cc(C(C)C)ccc2c1. The van der Waals surface area contributed by atoms with Gasteiger partial charge >= 0.3 is 0 Å². The van der Waals surface area contributed by atoms with Gasteiger partial charge in [-0.05, 0) is 41.3 Å². The predicted octanol–water partition coefficient (Wildman–Crippen LogP) is 4.36. The van der Waals surface area contributed by atoms with Crippen LogP contribution >= 0.6 is 0 Å². The lowest BCUT2D eigenvalue weighted by molar-refractivity contribution is 0.341. The Balaban J connectivity index is 2.44. The first-order chi connectivity index (χ1) is 7.70. The third-order valence-corrected chi connectivity index (χ3v) is 2.81. The van der Waals surface area contributed by atoms with Crippen LogP contribution in [0.3, 0.4) is 0 Å². The van der Waals surface area contributed by atoms with Gasteiger partial charge in [0.15, 0.2) is 0 Å². The lowest BCUT2D eigenvalue weighted by Gasteiger charge is -2.08.